The molecule has 1 N–H and O–H groups in total. The summed E-state index contributed by atoms with van der Waals surface area (Å²) in [7, 11) is 0. The molecule has 0 aliphatic carbocycles. The largest absolute Gasteiger partial charge is 0.395 e. The lowest BCUT2D eigenvalue weighted by Gasteiger charge is -2.39. The summed E-state index contributed by atoms with van der Waals surface area (Å²) in [6.45, 7) is 3.27. The first-order chi connectivity index (χ1) is 8.75. The van der Waals surface area contributed by atoms with Crippen molar-refractivity contribution in [3.8, 4) is 10.6 Å². The van der Waals surface area contributed by atoms with Crippen molar-refractivity contribution >= 4 is 11.3 Å². The Morgan fingerprint density at radius 1 is 1.50 bits per heavy atom. The summed E-state index contributed by atoms with van der Waals surface area (Å²) in [5.41, 5.74) is 1.77. The van der Waals surface area contributed by atoms with Gasteiger partial charge in [-0.2, -0.15) is 0 Å². The van der Waals surface area contributed by atoms with E-state index in [2.05, 4.69) is 9.97 Å². The van der Waals surface area contributed by atoms with Gasteiger partial charge in [-0.25, -0.2) is 4.98 Å². The average Bonchev–Trinajstić information content (AvgIpc) is 2.73. The summed E-state index contributed by atoms with van der Waals surface area (Å²) in [5.74, 6) is 0. The monoisotopic (exact) mass is 262 g/mol. The topological polar surface area (TPSA) is 55.2 Å². The third-order valence-corrected chi connectivity index (χ3v) is 4.70. The van der Waals surface area contributed by atoms with Crippen LogP contribution in [0.25, 0.3) is 10.6 Å². The fourth-order valence-electron chi connectivity index (χ4n) is 2.14. The van der Waals surface area contributed by atoms with Gasteiger partial charge in [0.15, 0.2) is 0 Å². The van der Waals surface area contributed by atoms with Crippen molar-refractivity contribution in [3.05, 3.63) is 35.1 Å². The van der Waals surface area contributed by atoms with Crippen molar-refractivity contribution in [2.45, 2.75) is 12.3 Å². The van der Waals surface area contributed by atoms with E-state index in [4.69, 9.17) is 4.74 Å². The second-order valence-electron chi connectivity index (χ2n) is 4.61. The molecule has 1 aliphatic heterocycles. The van der Waals surface area contributed by atoms with Gasteiger partial charge in [0, 0.05) is 22.8 Å². The second kappa shape index (κ2) is 4.42. The molecule has 0 spiro atoms. The van der Waals surface area contributed by atoms with E-state index in [-0.39, 0.29) is 12.0 Å². The van der Waals surface area contributed by atoms with Crippen molar-refractivity contribution in [2.24, 2.45) is 0 Å². The van der Waals surface area contributed by atoms with Crippen LogP contribution in [0.1, 0.15) is 10.6 Å². The number of aliphatic hydroxyl groups is 1. The predicted molar refractivity (Wildman–Crippen MR) is 69.7 cm³/mol. The number of thiazole rings is 1. The van der Waals surface area contributed by atoms with E-state index in [0.29, 0.717) is 13.2 Å². The first kappa shape index (κ1) is 11.8. The molecular formula is C13H14N2O2S. The summed E-state index contributed by atoms with van der Waals surface area (Å²) in [6.07, 6.45) is 3.56. The summed E-state index contributed by atoms with van der Waals surface area (Å²) in [5, 5.41) is 10.5. The van der Waals surface area contributed by atoms with Crippen LogP contribution >= 0.6 is 11.3 Å². The zero-order chi connectivity index (χ0) is 12.6. The Bertz CT molecular complexity index is 544. The van der Waals surface area contributed by atoms with Gasteiger partial charge in [0.05, 0.1) is 30.9 Å². The molecule has 0 unspecified atom stereocenters. The molecular weight excluding hydrogens is 248 g/mol. The molecule has 0 amide bonds. The Hall–Kier alpha value is -1.30. The minimum Gasteiger partial charge on any atom is -0.395 e. The van der Waals surface area contributed by atoms with Crippen LogP contribution in [0.4, 0.5) is 0 Å². The molecule has 0 saturated carbocycles. The van der Waals surface area contributed by atoms with Gasteiger partial charge in [-0.05, 0) is 19.1 Å². The zero-order valence-electron chi connectivity index (χ0n) is 10.1. The van der Waals surface area contributed by atoms with Crippen LogP contribution in [0.15, 0.2) is 24.5 Å². The number of hydrogen-bond donors (Lipinski definition) is 1. The Morgan fingerprint density at radius 3 is 2.89 bits per heavy atom. The summed E-state index contributed by atoms with van der Waals surface area (Å²) < 4.78 is 5.26. The predicted octanol–water partition coefficient (Wildman–Crippen LogP) is 1.77. The van der Waals surface area contributed by atoms with Gasteiger partial charge < -0.3 is 9.84 Å². The Labute approximate surface area is 109 Å². The Morgan fingerprint density at radius 2 is 2.33 bits per heavy atom. The normalized spacial score (nSPS) is 17.4. The number of hydrogen-bond acceptors (Lipinski definition) is 5. The molecule has 0 radical (unpaired) electrons. The molecule has 1 saturated heterocycles. The standard InChI is InChI=1S/C13H14N2O2S/c1-9-11(13(6-16)7-17-8-13)18-12(15-9)10-3-2-4-14-5-10/h2-5,16H,6-8H2,1H3. The number of ether oxygens (including phenoxy) is 1. The Balaban J connectivity index is 2.01. The molecule has 0 bridgehead atoms. The van der Waals surface area contributed by atoms with Crippen LogP contribution in [0.3, 0.4) is 0 Å². The smallest absolute Gasteiger partial charge is 0.125 e. The van der Waals surface area contributed by atoms with Crippen LogP contribution in [0.2, 0.25) is 0 Å². The molecule has 94 valence electrons. The summed E-state index contributed by atoms with van der Waals surface area (Å²) in [6, 6.07) is 3.90. The van der Waals surface area contributed by atoms with E-state index in [0.717, 1.165) is 21.1 Å². The molecule has 0 aromatic carbocycles. The molecule has 4 nitrogen and oxygen atoms in total. The van der Waals surface area contributed by atoms with Gasteiger partial charge in [0.2, 0.25) is 0 Å². The highest BCUT2D eigenvalue weighted by atomic mass is 32.1. The van der Waals surface area contributed by atoms with E-state index >= 15 is 0 Å². The quantitative estimate of drug-likeness (QED) is 0.916. The summed E-state index contributed by atoms with van der Waals surface area (Å²) >= 11 is 1.63. The van der Waals surface area contributed by atoms with E-state index in [1.165, 1.54) is 0 Å². The molecule has 3 heterocycles. The maximum Gasteiger partial charge on any atom is 0.125 e. The molecule has 5 heteroatoms. The van der Waals surface area contributed by atoms with E-state index in [1.807, 2.05) is 25.3 Å². The van der Waals surface area contributed by atoms with Crippen molar-refractivity contribution < 1.29 is 9.84 Å². The molecule has 2 aromatic heterocycles. The van der Waals surface area contributed by atoms with Crippen LogP contribution in [0.5, 0.6) is 0 Å². The number of nitrogens with zero attached hydrogens (tertiary/aromatic N) is 2. The van der Waals surface area contributed by atoms with E-state index in [1.54, 1.807) is 17.5 Å². The van der Waals surface area contributed by atoms with Crippen LogP contribution < -0.4 is 0 Å². The Kier molecular flexibility index (Phi) is 2.89. The minimum absolute atomic E-state index is 0.114. The SMILES string of the molecule is Cc1nc(-c2cccnc2)sc1C1(CO)COC1. The van der Waals surface area contributed by atoms with Gasteiger partial charge in [-0.15, -0.1) is 11.3 Å². The molecule has 0 atom stereocenters. The van der Waals surface area contributed by atoms with Gasteiger partial charge in [-0.1, -0.05) is 0 Å². The molecule has 18 heavy (non-hydrogen) atoms. The van der Waals surface area contributed by atoms with E-state index < -0.39 is 0 Å². The molecule has 1 fully saturated rings. The zero-order valence-corrected chi connectivity index (χ0v) is 10.9. The lowest BCUT2D eigenvalue weighted by atomic mass is 9.84. The first-order valence-electron chi connectivity index (χ1n) is 5.82. The fourth-order valence-corrected chi connectivity index (χ4v) is 3.35. The number of pyridine rings is 1. The van der Waals surface area contributed by atoms with Crippen molar-refractivity contribution in [1.29, 1.82) is 0 Å². The van der Waals surface area contributed by atoms with Crippen molar-refractivity contribution in [1.82, 2.24) is 9.97 Å². The lowest BCUT2D eigenvalue weighted by molar-refractivity contribution is -0.0827. The van der Waals surface area contributed by atoms with Gasteiger partial charge in [0.1, 0.15) is 5.01 Å². The van der Waals surface area contributed by atoms with Crippen molar-refractivity contribution in [2.75, 3.05) is 19.8 Å². The minimum atomic E-state index is -0.234. The third kappa shape index (κ3) is 1.75. The third-order valence-electron chi connectivity index (χ3n) is 3.25. The number of rotatable bonds is 3. The summed E-state index contributed by atoms with van der Waals surface area (Å²) in [4.78, 5) is 9.83. The molecule has 1 aliphatic rings. The number of aliphatic hydroxyl groups excluding tert-OH is 1. The van der Waals surface area contributed by atoms with Crippen LogP contribution in [-0.2, 0) is 10.2 Å². The molecule has 3 rings (SSSR count). The maximum atomic E-state index is 9.58. The highest BCUT2D eigenvalue weighted by Gasteiger charge is 2.42. The van der Waals surface area contributed by atoms with Gasteiger partial charge in [0.25, 0.3) is 0 Å². The number of aryl methyl sites for hydroxylation is 1. The van der Waals surface area contributed by atoms with Gasteiger partial charge in [-0.3, -0.25) is 4.98 Å². The lowest BCUT2D eigenvalue weighted by Crippen LogP contribution is -2.49. The van der Waals surface area contributed by atoms with Crippen molar-refractivity contribution in [3.63, 3.8) is 0 Å². The van der Waals surface area contributed by atoms with Crippen LogP contribution in [0, 0.1) is 6.92 Å². The highest BCUT2D eigenvalue weighted by Crippen LogP contribution is 2.40. The first-order valence-corrected chi connectivity index (χ1v) is 6.64. The average molecular weight is 262 g/mol. The van der Waals surface area contributed by atoms with Gasteiger partial charge >= 0.3 is 0 Å². The van der Waals surface area contributed by atoms with Crippen LogP contribution in [-0.4, -0.2) is 34.9 Å². The second-order valence-corrected chi connectivity index (χ2v) is 5.61. The fraction of sp³-hybridized carbons (Fsp3) is 0.385. The van der Waals surface area contributed by atoms with E-state index in [9.17, 15) is 5.11 Å². The maximum absolute atomic E-state index is 9.58. The number of aromatic nitrogens is 2. The molecule has 2 aromatic rings. The highest BCUT2D eigenvalue weighted by molar-refractivity contribution is 7.15.